The maximum absolute atomic E-state index is 14.3. The zero-order valence-electron chi connectivity index (χ0n) is 19.7. The van der Waals surface area contributed by atoms with Crippen molar-refractivity contribution in [1.29, 1.82) is 0 Å². The highest BCUT2D eigenvalue weighted by Gasteiger charge is 2.39. The van der Waals surface area contributed by atoms with Gasteiger partial charge in [0.1, 0.15) is 11.2 Å². The zero-order valence-corrected chi connectivity index (χ0v) is 19.7. The van der Waals surface area contributed by atoms with Gasteiger partial charge in [0.15, 0.2) is 0 Å². The molecule has 4 rings (SSSR count). The smallest absolute Gasteiger partial charge is 0.318 e. The molecule has 6 nitrogen and oxygen atoms in total. The number of nitrogens with zero attached hydrogens (tertiary/aromatic N) is 2. The highest BCUT2D eigenvalue weighted by molar-refractivity contribution is 5.95. The fourth-order valence-electron chi connectivity index (χ4n) is 4.57. The van der Waals surface area contributed by atoms with Crippen molar-refractivity contribution < 1.29 is 23.8 Å². The van der Waals surface area contributed by atoms with Crippen molar-refractivity contribution in [2.24, 2.45) is 0 Å². The Morgan fingerprint density at radius 1 is 1.12 bits per heavy atom. The molecular formula is C27H27FN2O4. The molecule has 0 saturated carbocycles. The second-order valence-corrected chi connectivity index (χ2v) is 8.92. The Labute approximate surface area is 198 Å². The number of aryl methyl sites for hydroxylation is 2. The van der Waals surface area contributed by atoms with E-state index in [1.807, 2.05) is 32.0 Å². The first-order chi connectivity index (χ1) is 16.1. The number of carbonyl (C=O) groups excluding carboxylic acids is 1. The van der Waals surface area contributed by atoms with Crippen molar-refractivity contribution in [3.63, 3.8) is 0 Å². The third kappa shape index (κ3) is 4.02. The largest absolute Gasteiger partial charge is 0.481 e. The maximum Gasteiger partial charge on any atom is 0.318 e. The summed E-state index contributed by atoms with van der Waals surface area (Å²) in [6.07, 6.45) is 2.15. The molecule has 1 aliphatic heterocycles. The number of aliphatic carboxylic acids is 1. The second-order valence-electron chi connectivity index (χ2n) is 8.92. The van der Waals surface area contributed by atoms with Gasteiger partial charge in [-0.25, -0.2) is 9.37 Å². The molecule has 176 valence electrons. The van der Waals surface area contributed by atoms with Crippen molar-refractivity contribution in [3.05, 3.63) is 93.4 Å². The Balaban J connectivity index is 1.71. The first kappa shape index (κ1) is 23.4. The van der Waals surface area contributed by atoms with Crippen LogP contribution in [0, 0.1) is 19.7 Å². The van der Waals surface area contributed by atoms with Crippen LogP contribution < -0.4 is 4.74 Å². The van der Waals surface area contributed by atoms with Crippen LogP contribution in [0.25, 0.3) is 0 Å². The first-order valence-corrected chi connectivity index (χ1v) is 11.1. The van der Waals surface area contributed by atoms with Crippen LogP contribution in [0.3, 0.4) is 0 Å². The van der Waals surface area contributed by atoms with Gasteiger partial charge >= 0.3 is 5.97 Å². The van der Waals surface area contributed by atoms with E-state index in [9.17, 15) is 19.1 Å². The van der Waals surface area contributed by atoms with Gasteiger partial charge in [-0.3, -0.25) is 9.59 Å². The molecule has 1 atom stereocenters. The molecule has 0 bridgehead atoms. The van der Waals surface area contributed by atoms with Crippen molar-refractivity contribution in [3.8, 4) is 5.88 Å². The standard InChI is InChI=1S/C27H27FN2O4/c1-16-5-8-23(28)21(11-16)25(31)30-10-9-18-6-7-20(13-19(18)15-30)27(3,26(32)33)22-14-29-24(34-4)12-17(22)2/h5-8,11-14H,9-10,15H2,1-4H3,(H,32,33). The Bertz CT molecular complexity index is 1290. The van der Waals surface area contributed by atoms with E-state index in [1.165, 1.54) is 19.4 Å². The van der Waals surface area contributed by atoms with Gasteiger partial charge < -0.3 is 14.7 Å². The Morgan fingerprint density at radius 3 is 2.56 bits per heavy atom. The number of amides is 1. The van der Waals surface area contributed by atoms with E-state index in [0.717, 1.165) is 22.3 Å². The SMILES string of the molecule is COc1cc(C)c(C(C)(C(=O)O)c2ccc3c(c2)CN(C(=O)c2cc(C)ccc2F)CC3)cn1. The van der Waals surface area contributed by atoms with E-state index < -0.39 is 17.2 Å². The number of fused-ring (bicyclic) bond motifs is 1. The number of carbonyl (C=O) groups is 2. The first-order valence-electron chi connectivity index (χ1n) is 11.1. The molecule has 0 fully saturated rings. The van der Waals surface area contributed by atoms with Gasteiger partial charge in [-0.05, 0) is 67.1 Å². The molecule has 2 aromatic carbocycles. The van der Waals surface area contributed by atoms with E-state index in [-0.39, 0.29) is 18.0 Å². The number of aromatic nitrogens is 1. The molecule has 0 aliphatic carbocycles. The molecule has 1 aromatic heterocycles. The van der Waals surface area contributed by atoms with Crippen molar-refractivity contribution in [2.75, 3.05) is 13.7 Å². The number of hydrogen-bond acceptors (Lipinski definition) is 4. The van der Waals surface area contributed by atoms with Crippen molar-refractivity contribution in [2.45, 2.75) is 39.2 Å². The van der Waals surface area contributed by atoms with Gasteiger partial charge in [0.05, 0.1) is 12.7 Å². The highest BCUT2D eigenvalue weighted by atomic mass is 19.1. The van der Waals surface area contributed by atoms with Gasteiger partial charge in [0.2, 0.25) is 5.88 Å². The summed E-state index contributed by atoms with van der Waals surface area (Å²) < 4.78 is 19.5. The van der Waals surface area contributed by atoms with Crippen LogP contribution in [0.1, 0.15) is 50.7 Å². The molecule has 1 N–H and O–H groups in total. The van der Waals surface area contributed by atoms with Crippen molar-refractivity contribution in [1.82, 2.24) is 9.88 Å². The number of methoxy groups -OCH3 is 1. The highest BCUT2D eigenvalue weighted by Crippen LogP contribution is 2.37. The average molecular weight is 463 g/mol. The number of halogens is 1. The van der Waals surface area contributed by atoms with Crippen LogP contribution in [-0.4, -0.2) is 40.5 Å². The maximum atomic E-state index is 14.3. The van der Waals surface area contributed by atoms with Crippen molar-refractivity contribution >= 4 is 11.9 Å². The van der Waals surface area contributed by atoms with Gasteiger partial charge in [-0.2, -0.15) is 0 Å². The lowest BCUT2D eigenvalue weighted by atomic mass is 9.74. The third-order valence-electron chi connectivity index (χ3n) is 6.70. The molecule has 1 unspecified atom stereocenters. The molecule has 0 saturated heterocycles. The fourth-order valence-corrected chi connectivity index (χ4v) is 4.57. The topological polar surface area (TPSA) is 79.7 Å². The van der Waals surface area contributed by atoms with Crippen LogP contribution in [0.15, 0.2) is 48.7 Å². The number of carboxylic acid groups (broad SMARTS) is 1. The predicted octanol–water partition coefficient (Wildman–Crippen LogP) is 4.44. The lowest BCUT2D eigenvalue weighted by Crippen LogP contribution is -2.38. The van der Waals surface area contributed by atoms with Crippen LogP contribution in [-0.2, 0) is 23.2 Å². The number of benzene rings is 2. The second kappa shape index (κ2) is 8.89. The number of hydrogen-bond donors (Lipinski definition) is 1. The van der Waals surface area contributed by atoms with Crippen LogP contribution in [0.5, 0.6) is 5.88 Å². The van der Waals surface area contributed by atoms with E-state index in [1.54, 1.807) is 30.0 Å². The predicted molar refractivity (Wildman–Crippen MR) is 126 cm³/mol. The molecule has 0 radical (unpaired) electrons. The van der Waals surface area contributed by atoms with Crippen LogP contribution in [0.2, 0.25) is 0 Å². The summed E-state index contributed by atoms with van der Waals surface area (Å²) in [6.45, 7) is 6.05. The molecule has 7 heteroatoms. The summed E-state index contributed by atoms with van der Waals surface area (Å²) in [5.41, 5.74) is 3.32. The summed E-state index contributed by atoms with van der Waals surface area (Å²) >= 11 is 0. The summed E-state index contributed by atoms with van der Waals surface area (Å²) in [5, 5.41) is 10.3. The number of carboxylic acids is 1. The Hall–Kier alpha value is -3.74. The van der Waals surface area contributed by atoms with E-state index in [2.05, 4.69) is 4.98 Å². The average Bonchev–Trinajstić information content (AvgIpc) is 2.83. The molecule has 1 aliphatic rings. The van der Waals surface area contributed by atoms with Gasteiger partial charge in [0.25, 0.3) is 5.91 Å². The molecule has 2 heterocycles. The number of rotatable bonds is 5. The number of ether oxygens (including phenoxy) is 1. The molecule has 34 heavy (non-hydrogen) atoms. The summed E-state index contributed by atoms with van der Waals surface area (Å²) in [7, 11) is 1.51. The molecule has 0 spiro atoms. The quantitative estimate of drug-likeness (QED) is 0.607. The van der Waals surface area contributed by atoms with Gasteiger partial charge in [-0.15, -0.1) is 0 Å². The summed E-state index contributed by atoms with van der Waals surface area (Å²) in [6, 6.07) is 11.8. The van der Waals surface area contributed by atoms with E-state index in [4.69, 9.17) is 4.74 Å². The minimum atomic E-state index is -1.35. The minimum absolute atomic E-state index is 0.0508. The zero-order chi connectivity index (χ0) is 24.6. The lowest BCUT2D eigenvalue weighted by Gasteiger charge is -2.32. The normalized spacial score (nSPS) is 14.8. The fraction of sp³-hybridized carbons (Fsp3) is 0.296. The van der Waals surface area contributed by atoms with Crippen LogP contribution in [0.4, 0.5) is 4.39 Å². The Kier molecular flexibility index (Phi) is 6.13. The van der Waals surface area contributed by atoms with Gasteiger partial charge in [-0.1, -0.05) is 29.8 Å². The Morgan fingerprint density at radius 2 is 1.88 bits per heavy atom. The van der Waals surface area contributed by atoms with Crippen LogP contribution >= 0.6 is 0 Å². The summed E-state index contributed by atoms with van der Waals surface area (Å²) in [4.78, 5) is 31.5. The van der Waals surface area contributed by atoms with Gasteiger partial charge in [0, 0.05) is 25.4 Å². The van der Waals surface area contributed by atoms with E-state index in [0.29, 0.717) is 30.0 Å². The molecule has 1 amide bonds. The molecule has 3 aromatic rings. The lowest BCUT2D eigenvalue weighted by molar-refractivity contribution is -0.141. The van der Waals surface area contributed by atoms with E-state index >= 15 is 0 Å². The minimum Gasteiger partial charge on any atom is -0.481 e. The number of pyridine rings is 1. The monoisotopic (exact) mass is 462 g/mol. The summed E-state index contributed by atoms with van der Waals surface area (Å²) in [5.74, 6) is -1.51. The molecular weight excluding hydrogens is 435 g/mol. The third-order valence-corrected chi connectivity index (χ3v) is 6.70.